The van der Waals surface area contributed by atoms with E-state index in [0.717, 1.165) is 25.9 Å². The van der Waals surface area contributed by atoms with Crippen molar-refractivity contribution in [3.63, 3.8) is 0 Å². The molecule has 82 valence electrons. The van der Waals surface area contributed by atoms with Gasteiger partial charge < -0.3 is 15.5 Å². The Morgan fingerprint density at radius 2 is 2.36 bits per heavy atom. The maximum atomic E-state index is 11.6. The smallest absolute Gasteiger partial charge is 0.237 e. The van der Waals surface area contributed by atoms with Gasteiger partial charge in [-0.3, -0.25) is 4.79 Å². The Kier molecular flexibility index (Phi) is 4.35. The van der Waals surface area contributed by atoms with Crippen molar-refractivity contribution in [3.05, 3.63) is 0 Å². The normalized spacial score (nSPS) is 23.9. The highest BCUT2D eigenvalue weighted by Gasteiger charge is 2.21. The van der Waals surface area contributed by atoms with E-state index in [1.54, 1.807) is 0 Å². The molecule has 1 aliphatic rings. The molecular weight excluding hydrogens is 178 g/mol. The summed E-state index contributed by atoms with van der Waals surface area (Å²) >= 11 is 0. The van der Waals surface area contributed by atoms with Crippen molar-refractivity contribution in [2.75, 3.05) is 27.2 Å². The number of hydrogen-bond acceptors (Lipinski definition) is 3. The van der Waals surface area contributed by atoms with E-state index in [4.69, 9.17) is 0 Å². The highest BCUT2D eigenvalue weighted by Crippen LogP contribution is 2.04. The highest BCUT2D eigenvalue weighted by atomic mass is 16.2. The van der Waals surface area contributed by atoms with Gasteiger partial charge in [0.2, 0.25) is 5.91 Å². The maximum absolute atomic E-state index is 11.6. The summed E-state index contributed by atoms with van der Waals surface area (Å²) in [5.74, 6) is 0.149. The monoisotopic (exact) mass is 199 g/mol. The van der Waals surface area contributed by atoms with Gasteiger partial charge in [-0.2, -0.15) is 0 Å². The van der Waals surface area contributed by atoms with Crippen molar-refractivity contribution >= 4 is 5.91 Å². The van der Waals surface area contributed by atoms with Gasteiger partial charge in [-0.05, 0) is 40.4 Å². The quantitative estimate of drug-likeness (QED) is 0.659. The number of rotatable bonds is 4. The molecule has 0 aromatic heterocycles. The first-order chi connectivity index (χ1) is 6.61. The fourth-order valence-corrected chi connectivity index (χ4v) is 1.46. The fraction of sp³-hybridized carbons (Fsp3) is 0.900. The number of likely N-dealkylation sites (N-methyl/N-ethyl adjacent to an activating group) is 1. The summed E-state index contributed by atoms with van der Waals surface area (Å²) in [4.78, 5) is 13.7. The lowest BCUT2D eigenvalue weighted by molar-refractivity contribution is -0.122. The molecule has 14 heavy (non-hydrogen) atoms. The predicted molar refractivity (Wildman–Crippen MR) is 57.2 cm³/mol. The van der Waals surface area contributed by atoms with Gasteiger partial charge in [0.1, 0.15) is 0 Å². The zero-order chi connectivity index (χ0) is 10.6. The summed E-state index contributed by atoms with van der Waals surface area (Å²) in [5, 5.41) is 6.15. The van der Waals surface area contributed by atoms with Crippen LogP contribution in [0.4, 0.5) is 0 Å². The van der Waals surface area contributed by atoms with Crippen LogP contribution in [0.25, 0.3) is 0 Å². The van der Waals surface area contributed by atoms with Gasteiger partial charge in [0.25, 0.3) is 0 Å². The molecule has 4 nitrogen and oxygen atoms in total. The molecule has 0 radical (unpaired) electrons. The summed E-state index contributed by atoms with van der Waals surface area (Å²) in [6, 6.07) is 0.435. The molecule has 1 aliphatic heterocycles. The first-order valence-corrected chi connectivity index (χ1v) is 5.29. The van der Waals surface area contributed by atoms with Crippen molar-refractivity contribution in [2.45, 2.75) is 31.8 Å². The molecule has 0 saturated carbocycles. The van der Waals surface area contributed by atoms with Gasteiger partial charge >= 0.3 is 0 Å². The van der Waals surface area contributed by atoms with E-state index < -0.39 is 0 Å². The Hall–Kier alpha value is -0.610. The van der Waals surface area contributed by atoms with Gasteiger partial charge in [-0.25, -0.2) is 0 Å². The molecule has 4 heteroatoms. The van der Waals surface area contributed by atoms with Gasteiger partial charge in [0.05, 0.1) is 6.04 Å². The summed E-state index contributed by atoms with van der Waals surface area (Å²) in [7, 11) is 4.04. The number of carbonyl (C=O) groups is 1. The van der Waals surface area contributed by atoms with Gasteiger partial charge in [0, 0.05) is 12.6 Å². The van der Waals surface area contributed by atoms with E-state index in [2.05, 4.69) is 22.5 Å². The minimum absolute atomic E-state index is 0.0457. The number of nitrogens with one attached hydrogen (secondary N) is 2. The third kappa shape index (κ3) is 3.27. The molecule has 1 amide bonds. The van der Waals surface area contributed by atoms with E-state index in [9.17, 15) is 4.79 Å². The van der Waals surface area contributed by atoms with Crippen LogP contribution in [0.1, 0.15) is 19.8 Å². The number of hydrogen-bond donors (Lipinski definition) is 2. The van der Waals surface area contributed by atoms with E-state index >= 15 is 0 Å². The average Bonchev–Trinajstić information content (AvgIpc) is 2.66. The lowest BCUT2D eigenvalue weighted by Gasteiger charge is -2.21. The van der Waals surface area contributed by atoms with Crippen molar-refractivity contribution in [3.8, 4) is 0 Å². The second-order valence-corrected chi connectivity index (χ2v) is 4.21. The summed E-state index contributed by atoms with van der Waals surface area (Å²) in [6.07, 6.45) is 2.09. The molecule has 0 spiro atoms. The lowest BCUT2D eigenvalue weighted by atomic mass is 10.2. The van der Waals surface area contributed by atoms with Crippen LogP contribution in [0.5, 0.6) is 0 Å². The predicted octanol–water partition coefficient (Wildman–Crippen LogP) is -0.195. The number of carbonyl (C=O) groups excluding carboxylic acids is 1. The van der Waals surface area contributed by atoms with Crippen molar-refractivity contribution < 1.29 is 4.79 Å². The van der Waals surface area contributed by atoms with Gasteiger partial charge in [-0.15, -0.1) is 0 Å². The van der Waals surface area contributed by atoms with Gasteiger partial charge in [0.15, 0.2) is 0 Å². The molecule has 0 aromatic rings. The van der Waals surface area contributed by atoms with Crippen LogP contribution in [-0.2, 0) is 4.79 Å². The van der Waals surface area contributed by atoms with Crippen LogP contribution in [0.2, 0.25) is 0 Å². The largest absolute Gasteiger partial charge is 0.353 e. The Morgan fingerprint density at radius 3 is 2.86 bits per heavy atom. The standard InChI is InChI=1S/C10H21N3O/c1-8(13(2)3)7-12-10(14)9-5-4-6-11-9/h8-9,11H,4-7H2,1-3H3,(H,12,14)/t8?,9-/m1/s1. The SMILES string of the molecule is CC(CNC(=O)[C@H]1CCCN1)N(C)C. The minimum atomic E-state index is 0.0457. The second-order valence-electron chi connectivity index (χ2n) is 4.21. The van der Waals surface area contributed by atoms with Crippen molar-refractivity contribution in [1.29, 1.82) is 0 Å². The molecule has 0 aromatic carbocycles. The zero-order valence-corrected chi connectivity index (χ0v) is 9.34. The molecule has 2 atom stereocenters. The highest BCUT2D eigenvalue weighted by molar-refractivity contribution is 5.82. The zero-order valence-electron chi connectivity index (χ0n) is 9.34. The van der Waals surface area contributed by atoms with Crippen LogP contribution in [0.15, 0.2) is 0 Å². The Balaban J connectivity index is 2.20. The third-order valence-corrected chi connectivity index (χ3v) is 2.83. The number of nitrogens with zero attached hydrogens (tertiary/aromatic N) is 1. The fourth-order valence-electron chi connectivity index (χ4n) is 1.46. The third-order valence-electron chi connectivity index (χ3n) is 2.83. The number of amides is 1. The van der Waals surface area contributed by atoms with Gasteiger partial charge in [-0.1, -0.05) is 0 Å². The molecule has 1 fully saturated rings. The molecule has 0 aliphatic carbocycles. The van der Waals surface area contributed by atoms with Crippen LogP contribution >= 0.6 is 0 Å². The summed E-state index contributed by atoms with van der Waals surface area (Å²) in [6.45, 7) is 3.80. The Morgan fingerprint density at radius 1 is 1.64 bits per heavy atom. The van der Waals surface area contributed by atoms with Crippen molar-refractivity contribution in [2.24, 2.45) is 0 Å². The molecule has 2 N–H and O–H groups in total. The van der Waals surface area contributed by atoms with Crippen LogP contribution < -0.4 is 10.6 Å². The topological polar surface area (TPSA) is 44.4 Å². The molecule has 0 bridgehead atoms. The van der Waals surface area contributed by atoms with E-state index in [0.29, 0.717) is 6.04 Å². The van der Waals surface area contributed by atoms with E-state index in [-0.39, 0.29) is 11.9 Å². The average molecular weight is 199 g/mol. The lowest BCUT2D eigenvalue weighted by Crippen LogP contribution is -2.45. The molecule has 1 saturated heterocycles. The first-order valence-electron chi connectivity index (χ1n) is 5.29. The van der Waals surface area contributed by atoms with Crippen LogP contribution in [0.3, 0.4) is 0 Å². The minimum Gasteiger partial charge on any atom is -0.353 e. The summed E-state index contributed by atoms with van der Waals surface area (Å²) < 4.78 is 0. The maximum Gasteiger partial charge on any atom is 0.237 e. The van der Waals surface area contributed by atoms with E-state index in [1.807, 2.05) is 14.1 Å². The first kappa shape index (κ1) is 11.5. The summed E-state index contributed by atoms with van der Waals surface area (Å²) in [5.41, 5.74) is 0. The molecule has 1 rings (SSSR count). The molecule has 1 unspecified atom stereocenters. The van der Waals surface area contributed by atoms with Crippen molar-refractivity contribution in [1.82, 2.24) is 15.5 Å². The molecule has 1 heterocycles. The Labute approximate surface area is 86.0 Å². The second kappa shape index (κ2) is 5.32. The van der Waals surface area contributed by atoms with E-state index in [1.165, 1.54) is 0 Å². The van der Waals surface area contributed by atoms with Crippen LogP contribution in [0, 0.1) is 0 Å². The molecular formula is C10H21N3O. The van der Waals surface area contributed by atoms with Crippen LogP contribution in [-0.4, -0.2) is 50.1 Å². The Bertz CT molecular complexity index is 188.